The van der Waals surface area contributed by atoms with Gasteiger partial charge in [-0.15, -0.1) is 0 Å². The number of nitrogens with one attached hydrogen (secondary N) is 2. The predicted octanol–water partition coefficient (Wildman–Crippen LogP) is 1.28. The lowest BCUT2D eigenvalue weighted by Gasteiger charge is -2.24. The highest BCUT2D eigenvalue weighted by Crippen LogP contribution is 2.34. The number of pyridine rings is 1. The van der Waals surface area contributed by atoms with Crippen molar-refractivity contribution in [2.45, 2.75) is 19.3 Å². The summed E-state index contributed by atoms with van der Waals surface area (Å²) in [5.41, 5.74) is 1.82. The summed E-state index contributed by atoms with van der Waals surface area (Å²) in [7, 11) is 0. The minimum absolute atomic E-state index is 0.00381. The standard InChI is InChI=1S/C27H32N6O5.CH2O2/c1-2-37-17-24(34)33-15-21-18-5-3-6-20(13-18)38-12-4-10-32(11-9-28-26(35)22(21)16-33)27(36)23-8-7-19-14-29-31-25(19)30-23;2-1-3/h3,5-8,13-14,21-22H,2,4,9-12,15-17H2,1H3,(H,28,35)(H,29,30,31);1H,(H,2,3)/t21-,22+;/m1./s1. The van der Waals surface area contributed by atoms with Crippen molar-refractivity contribution in [2.24, 2.45) is 5.92 Å². The highest BCUT2D eigenvalue weighted by molar-refractivity contribution is 5.94. The van der Waals surface area contributed by atoms with E-state index in [9.17, 15) is 14.4 Å². The zero-order valence-electron chi connectivity index (χ0n) is 22.8. The van der Waals surface area contributed by atoms with Gasteiger partial charge < -0.3 is 29.7 Å². The molecule has 0 aliphatic carbocycles. The van der Waals surface area contributed by atoms with Gasteiger partial charge >= 0.3 is 0 Å². The molecule has 3 aromatic rings. The average Bonchev–Trinajstić information content (AvgIpc) is 3.64. The molecular formula is C28H34N6O7. The lowest BCUT2D eigenvalue weighted by atomic mass is 9.88. The quantitative estimate of drug-likeness (QED) is 0.394. The van der Waals surface area contributed by atoms with Crippen LogP contribution in [0.1, 0.15) is 35.3 Å². The van der Waals surface area contributed by atoms with Crippen LogP contribution >= 0.6 is 0 Å². The van der Waals surface area contributed by atoms with E-state index in [1.165, 1.54) is 0 Å². The van der Waals surface area contributed by atoms with E-state index in [4.69, 9.17) is 19.4 Å². The van der Waals surface area contributed by atoms with Crippen LogP contribution in [-0.2, 0) is 19.1 Å². The number of fused-ring (bicyclic) bond motifs is 5. The Labute approximate surface area is 236 Å². The molecule has 0 saturated carbocycles. The SMILES string of the molecule is CCOCC(=O)N1C[C@@H]2C(=O)NCCN(C(=O)c3ccc4cn[nH]c4n3)CCCOc3cccc(c3)[C@H]2C1.O=CO. The van der Waals surface area contributed by atoms with Crippen LogP contribution in [0.2, 0.25) is 0 Å². The molecule has 0 unspecified atom stereocenters. The molecule has 2 bridgehead atoms. The third-order valence-corrected chi connectivity index (χ3v) is 7.05. The van der Waals surface area contributed by atoms with E-state index >= 15 is 0 Å². The molecule has 13 heteroatoms. The number of carbonyl (C=O) groups is 4. The highest BCUT2D eigenvalue weighted by Gasteiger charge is 2.40. The monoisotopic (exact) mass is 566 g/mol. The van der Waals surface area contributed by atoms with Crippen molar-refractivity contribution in [2.75, 3.05) is 52.5 Å². The third-order valence-electron chi connectivity index (χ3n) is 7.05. The molecule has 3 N–H and O–H groups in total. The molecule has 13 nitrogen and oxygen atoms in total. The molecule has 2 atom stereocenters. The van der Waals surface area contributed by atoms with Crippen molar-refractivity contribution < 1.29 is 33.8 Å². The Hall–Kier alpha value is -4.52. The fourth-order valence-electron chi connectivity index (χ4n) is 5.04. The summed E-state index contributed by atoms with van der Waals surface area (Å²) in [6.45, 7) is 4.26. The number of carboxylic acid groups (broad SMARTS) is 1. The topological polar surface area (TPSA) is 167 Å². The molecule has 1 fully saturated rings. The van der Waals surface area contributed by atoms with Gasteiger partial charge in [0.2, 0.25) is 11.8 Å². The van der Waals surface area contributed by atoms with Gasteiger partial charge in [-0.2, -0.15) is 5.10 Å². The molecule has 2 aromatic heterocycles. The number of aromatic amines is 1. The highest BCUT2D eigenvalue weighted by atomic mass is 16.5. The first-order valence-corrected chi connectivity index (χ1v) is 13.5. The van der Waals surface area contributed by atoms with Crippen LogP contribution in [0.25, 0.3) is 11.0 Å². The number of ether oxygens (including phenoxy) is 2. The van der Waals surface area contributed by atoms with E-state index in [1.54, 1.807) is 28.1 Å². The van der Waals surface area contributed by atoms with Gasteiger partial charge in [0.1, 0.15) is 18.1 Å². The van der Waals surface area contributed by atoms with E-state index in [-0.39, 0.29) is 43.3 Å². The number of hydrogen-bond acceptors (Lipinski definition) is 8. The Balaban J connectivity index is 0.00000124. The molecule has 0 radical (unpaired) electrons. The van der Waals surface area contributed by atoms with Crippen molar-refractivity contribution in [1.29, 1.82) is 0 Å². The van der Waals surface area contributed by atoms with E-state index in [1.807, 2.05) is 31.2 Å². The smallest absolute Gasteiger partial charge is 0.290 e. The first kappa shape index (κ1) is 29.5. The maximum absolute atomic E-state index is 13.4. The number of H-pyrrole nitrogens is 1. The van der Waals surface area contributed by atoms with E-state index in [0.29, 0.717) is 62.9 Å². The fourth-order valence-corrected chi connectivity index (χ4v) is 5.04. The normalized spacial score (nSPS) is 19.2. The zero-order valence-corrected chi connectivity index (χ0v) is 22.8. The Morgan fingerprint density at radius 1 is 1.17 bits per heavy atom. The average molecular weight is 567 g/mol. The second-order valence-electron chi connectivity index (χ2n) is 9.62. The molecule has 2 aliphatic heterocycles. The number of benzene rings is 1. The van der Waals surface area contributed by atoms with E-state index in [2.05, 4.69) is 20.5 Å². The largest absolute Gasteiger partial charge is 0.494 e. The number of likely N-dealkylation sites (tertiary alicyclic amines) is 1. The molecule has 1 aromatic carbocycles. The lowest BCUT2D eigenvalue weighted by molar-refractivity contribution is -0.135. The van der Waals surface area contributed by atoms with Crippen LogP contribution < -0.4 is 10.1 Å². The van der Waals surface area contributed by atoms with Gasteiger partial charge in [-0.1, -0.05) is 12.1 Å². The van der Waals surface area contributed by atoms with E-state index in [0.717, 1.165) is 10.9 Å². The van der Waals surface area contributed by atoms with Gasteiger partial charge in [0.05, 0.1) is 18.7 Å². The summed E-state index contributed by atoms with van der Waals surface area (Å²) >= 11 is 0. The van der Waals surface area contributed by atoms with Crippen molar-refractivity contribution in [3.63, 3.8) is 0 Å². The fraction of sp³-hybridized carbons (Fsp3) is 0.429. The van der Waals surface area contributed by atoms with Crippen LogP contribution in [-0.4, -0.2) is 107 Å². The summed E-state index contributed by atoms with van der Waals surface area (Å²) in [5.74, 6) is -0.397. The van der Waals surface area contributed by atoms with Crippen molar-refractivity contribution in [1.82, 2.24) is 30.3 Å². The molecule has 0 spiro atoms. The Kier molecular flexibility index (Phi) is 10.2. The van der Waals surface area contributed by atoms with Crippen molar-refractivity contribution in [3.8, 4) is 5.75 Å². The van der Waals surface area contributed by atoms with Gasteiger partial charge in [-0.25, -0.2) is 4.98 Å². The molecule has 41 heavy (non-hydrogen) atoms. The van der Waals surface area contributed by atoms with Crippen LogP contribution in [0.3, 0.4) is 0 Å². The lowest BCUT2D eigenvalue weighted by Crippen LogP contribution is -2.42. The number of carbonyl (C=O) groups excluding carboxylic acids is 3. The number of hydrogen-bond donors (Lipinski definition) is 3. The molecule has 3 amide bonds. The minimum Gasteiger partial charge on any atom is -0.494 e. The molecule has 4 heterocycles. The summed E-state index contributed by atoms with van der Waals surface area (Å²) in [6, 6.07) is 11.2. The number of nitrogens with zero attached hydrogens (tertiary/aromatic N) is 4. The summed E-state index contributed by atoms with van der Waals surface area (Å²) in [6.07, 6.45) is 2.27. The molecule has 218 valence electrons. The van der Waals surface area contributed by atoms with Crippen LogP contribution in [0.4, 0.5) is 0 Å². The van der Waals surface area contributed by atoms with Crippen molar-refractivity contribution in [3.05, 3.63) is 53.9 Å². The third kappa shape index (κ3) is 7.37. The zero-order chi connectivity index (χ0) is 29.2. The van der Waals surface area contributed by atoms with Gasteiger partial charge in [0.15, 0.2) is 5.65 Å². The second-order valence-corrected chi connectivity index (χ2v) is 9.62. The Morgan fingerprint density at radius 3 is 2.78 bits per heavy atom. The predicted molar refractivity (Wildman–Crippen MR) is 147 cm³/mol. The molecule has 5 rings (SSSR count). The molecule has 1 saturated heterocycles. The first-order valence-electron chi connectivity index (χ1n) is 13.5. The summed E-state index contributed by atoms with van der Waals surface area (Å²) < 4.78 is 11.3. The van der Waals surface area contributed by atoms with Crippen molar-refractivity contribution >= 4 is 35.2 Å². The van der Waals surface area contributed by atoms with Gasteiger partial charge in [-0.3, -0.25) is 24.3 Å². The minimum atomic E-state index is -0.424. The Bertz CT molecular complexity index is 1360. The number of amides is 3. The number of rotatable bonds is 4. The number of aromatic nitrogens is 3. The maximum atomic E-state index is 13.4. The van der Waals surface area contributed by atoms with Gasteiger partial charge in [0, 0.05) is 50.6 Å². The first-order chi connectivity index (χ1) is 19.9. The van der Waals surface area contributed by atoms with Crippen LogP contribution in [0.15, 0.2) is 42.6 Å². The molecule has 2 aliphatic rings. The Morgan fingerprint density at radius 2 is 1.98 bits per heavy atom. The summed E-state index contributed by atoms with van der Waals surface area (Å²) in [4.78, 5) is 55.5. The van der Waals surface area contributed by atoms with Crippen LogP contribution in [0, 0.1) is 5.92 Å². The molecular weight excluding hydrogens is 532 g/mol. The maximum Gasteiger partial charge on any atom is 0.290 e. The summed E-state index contributed by atoms with van der Waals surface area (Å²) in [5, 5.41) is 17.5. The van der Waals surface area contributed by atoms with Gasteiger partial charge in [0.25, 0.3) is 12.4 Å². The van der Waals surface area contributed by atoms with Crippen LogP contribution in [0.5, 0.6) is 5.75 Å². The van der Waals surface area contributed by atoms with E-state index < -0.39 is 5.92 Å². The second kappa shape index (κ2) is 14.2. The van der Waals surface area contributed by atoms with Gasteiger partial charge in [-0.05, 0) is 43.2 Å².